The Morgan fingerprint density at radius 3 is 2.89 bits per heavy atom. The van der Waals surface area contributed by atoms with Crippen molar-refractivity contribution in [2.45, 2.75) is 31.2 Å². The van der Waals surface area contributed by atoms with Gasteiger partial charge in [-0.05, 0) is 43.9 Å². The third kappa shape index (κ3) is 2.59. The number of rotatable bonds is 2. The number of methoxy groups -OCH3 is 1. The molecule has 4 heteroatoms. The molecule has 0 aliphatic carbocycles. The van der Waals surface area contributed by atoms with Gasteiger partial charge < -0.3 is 10.1 Å². The molecular formula is C14H18BrNO2. The lowest BCUT2D eigenvalue weighted by Crippen LogP contribution is -2.54. The van der Waals surface area contributed by atoms with Gasteiger partial charge in [0, 0.05) is 4.47 Å². The van der Waals surface area contributed by atoms with E-state index >= 15 is 0 Å². The highest BCUT2D eigenvalue weighted by molar-refractivity contribution is 9.10. The number of nitrogens with one attached hydrogen (secondary N) is 1. The minimum Gasteiger partial charge on any atom is -0.468 e. The molecule has 0 radical (unpaired) electrons. The van der Waals surface area contributed by atoms with Crippen molar-refractivity contribution in [2.24, 2.45) is 0 Å². The molecule has 98 valence electrons. The van der Waals surface area contributed by atoms with Gasteiger partial charge in [0.1, 0.15) is 5.54 Å². The van der Waals surface area contributed by atoms with Crippen LogP contribution in [0.1, 0.15) is 31.2 Å². The second-order valence-electron chi connectivity index (χ2n) is 4.96. The van der Waals surface area contributed by atoms with Gasteiger partial charge in [-0.3, -0.25) is 4.79 Å². The average Bonchev–Trinajstić information content (AvgIpc) is 2.38. The molecule has 1 fully saturated rings. The molecule has 1 aromatic rings. The van der Waals surface area contributed by atoms with Crippen LogP contribution in [0.3, 0.4) is 0 Å². The number of ether oxygens (including phenoxy) is 1. The molecule has 2 atom stereocenters. The van der Waals surface area contributed by atoms with Gasteiger partial charge >= 0.3 is 5.97 Å². The Balaban J connectivity index is 2.22. The molecule has 0 bridgehead atoms. The van der Waals surface area contributed by atoms with E-state index in [9.17, 15) is 4.79 Å². The van der Waals surface area contributed by atoms with E-state index in [1.807, 2.05) is 25.1 Å². The van der Waals surface area contributed by atoms with Crippen LogP contribution in [0, 0.1) is 0 Å². The number of halogens is 1. The summed E-state index contributed by atoms with van der Waals surface area (Å²) in [5.74, 6) is 0.199. The Morgan fingerprint density at radius 1 is 1.50 bits per heavy atom. The maximum Gasteiger partial charge on any atom is 0.325 e. The van der Waals surface area contributed by atoms with Crippen LogP contribution in [0.4, 0.5) is 0 Å². The number of hydrogen-bond donors (Lipinski definition) is 1. The number of piperidine rings is 1. The van der Waals surface area contributed by atoms with Gasteiger partial charge in [0.2, 0.25) is 0 Å². The Labute approximate surface area is 116 Å². The first-order valence-electron chi connectivity index (χ1n) is 6.15. The lowest BCUT2D eigenvalue weighted by molar-refractivity contribution is -0.149. The largest absolute Gasteiger partial charge is 0.468 e. The maximum atomic E-state index is 11.9. The van der Waals surface area contributed by atoms with Crippen LogP contribution in [0.25, 0.3) is 0 Å². The molecule has 2 rings (SSSR count). The summed E-state index contributed by atoms with van der Waals surface area (Å²) in [5.41, 5.74) is 0.696. The van der Waals surface area contributed by atoms with E-state index in [2.05, 4.69) is 27.3 Å². The molecule has 2 unspecified atom stereocenters. The van der Waals surface area contributed by atoms with Crippen molar-refractivity contribution in [1.82, 2.24) is 5.32 Å². The lowest BCUT2D eigenvalue weighted by Gasteiger charge is -2.37. The summed E-state index contributed by atoms with van der Waals surface area (Å²) in [5, 5.41) is 3.28. The summed E-state index contributed by atoms with van der Waals surface area (Å²) in [6.07, 6.45) is 1.80. The highest BCUT2D eigenvalue weighted by Gasteiger charge is 2.40. The van der Waals surface area contributed by atoms with Crippen molar-refractivity contribution in [3.63, 3.8) is 0 Å². The van der Waals surface area contributed by atoms with Gasteiger partial charge in [0.05, 0.1) is 7.11 Å². The van der Waals surface area contributed by atoms with E-state index < -0.39 is 5.54 Å². The highest BCUT2D eigenvalue weighted by Crippen LogP contribution is 2.36. The van der Waals surface area contributed by atoms with E-state index in [1.54, 1.807) is 0 Å². The maximum absolute atomic E-state index is 11.9. The van der Waals surface area contributed by atoms with Crippen molar-refractivity contribution in [2.75, 3.05) is 13.7 Å². The Bertz CT molecular complexity index is 449. The Morgan fingerprint density at radius 2 is 2.22 bits per heavy atom. The quantitative estimate of drug-likeness (QED) is 0.854. The molecule has 1 saturated heterocycles. The first kappa shape index (κ1) is 13.6. The first-order chi connectivity index (χ1) is 8.57. The van der Waals surface area contributed by atoms with E-state index in [0.29, 0.717) is 5.92 Å². The Kier molecular flexibility index (Phi) is 4.07. The third-order valence-corrected chi connectivity index (χ3v) is 4.37. The zero-order chi connectivity index (χ0) is 13.2. The van der Waals surface area contributed by atoms with Crippen LogP contribution in [0.15, 0.2) is 28.7 Å². The van der Waals surface area contributed by atoms with Crippen LogP contribution in [-0.4, -0.2) is 25.2 Å². The fourth-order valence-corrected chi connectivity index (χ4v) is 3.25. The SMILES string of the molecule is COC(=O)C1(C)CC(c2ccccc2Br)CCN1. The van der Waals surface area contributed by atoms with Gasteiger partial charge in [-0.15, -0.1) is 0 Å². The molecule has 18 heavy (non-hydrogen) atoms. The lowest BCUT2D eigenvalue weighted by atomic mass is 9.79. The molecule has 0 saturated carbocycles. The second-order valence-corrected chi connectivity index (χ2v) is 5.82. The fraction of sp³-hybridized carbons (Fsp3) is 0.500. The summed E-state index contributed by atoms with van der Waals surface area (Å²) >= 11 is 3.59. The number of carbonyl (C=O) groups is 1. The summed E-state index contributed by atoms with van der Waals surface area (Å²) in [7, 11) is 1.44. The second kappa shape index (κ2) is 5.41. The van der Waals surface area contributed by atoms with Crippen LogP contribution in [0.2, 0.25) is 0 Å². The first-order valence-corrected chi connectivity index (χ1v) is 6.94. The molecule has 1 N–H and O–H groups in total. The topological polar surface area (TPSA) is 38.3 Å². The number of esters is 1. The normalized spacial score (nSPS) is 27.8. The van der Waals surface area contributed by atoms with Crippen molar-refractivity contribution < 1.29 is 9.53 Å². The molecule has 1 aliphatic heterocycles. The van der Waals surface area contributed by atoms with E-state index in [-0.39, 0.29) is 5.97 Å². The van der Waals surface area contributed by atoms with Gasteiger partial charge in [-0.1, -0.05) is 34.1 Å². The predicted molar refractivity (Wildman–Crippen MR) is 74.5 cm³/mol. The van der Waals surface area contributed by atoms with E-state index in [1.165, 1.54) is 12.7 Å². The smallest absolute Gasteiger partial charge is 0.325 e. The minimum atomic E-state index is -0.576. The monoisotopic (exact) mass is 311 g/mol. The highest BCUT2D eigenvalue weighted by atomic mass is 79.9. The van der Waals surface area contributed by atoms with Crippen LogP contribution in [-0.2, 0) is 9.53 Å². The Hall–Kier alpha value is -0.870. The molecule has 1 aliphatic rings. The van der Waals surface area contributed by atoms with Crippen molar-refractivity contribution in [3.05, 3.63) is 34.3 Å². The molecule has 3 nitrogen and oxygen atoms in total. The molecule has 0 aromatic heterocycles. The summed E-state index contributed by atoms with van der Waals surface area (Å²) in [6, 6.07) is 8.22. The summed E-state index contributed by atoms with van der Waals surface area (Å²) in [6.45, 7) is 2.75. The van der Waals surface area contributed by atoms with Crippen molar-refractivity contribution >= 4 is 21.9 Å². The number of carbonyl (C=O) groups excluding carboxylic acids is 1. The molecule has 0 spiro atoms. The molecule has 1 aromatic carbocycles. The standard InChI is InChI=1S/C14H18BrNO2/c1-14(13(17)18-2)9-10(7-8-16-14)11-5-3-4-6-12(11)15/h3-6,10,16H,7-9H2,1-2H3. The van der Waals surface area contributed by atoms with Crippen LogP contribution < -0.4 is 5.32 Å². The number of hydrogen-bond acceptors (Lipinski definition) is 3. The van der Waals surface area contributed by atoms with Gasteiger partial charge in [-0.25, -0.2) is 0 Å². The van der Waals surface area contributed by atoms with Gasteiger partial charge in [-0.2, -0.15) is 0 Å². The van der Waals surface area contributed by atoms with Crippen LogP contribution >= 0.6 is 15.9 Å². The predicted octanol–water partition coefficient (Wildman–Crippen LogP) is 2.85. The molecule has 1 heterocycles. The van der Waals surface area contributed by atoms with Crippen molar-refractivity contribution in [1.29, 1.82) is 0 Å². The van der Waals surface area contributed by atoms with E-state index in [4.69, 9.17) is 4.74 Å². The zero-order valence-electron chi connectivity index (χ0n) is 10.7. The zero-order valence-corrected chi connectivity index (χ0v) is 12.3. The fourth-order valence-electron chi connectivity index (χ4n) is 2.64. The van der Waals surface area contributed by atoms with Crippen molar-refractivity contribution in [3.8, 4) is 0 Å². The molecular weight excluding hydrogens is 294 g/mol. The van der Waals surface area contributed by atoms with Gasteiger partial charge in [0.15, 0.2) is 0 Å². The average molecular weight is 312 g/mol. The minimum absolute atomic E-state index is 0.181. The third-order valence-electron chi connectivity index (χ3n) is 3.64. The van der Waals surface area contributed by atoms with Gasteiger partial charge in [0.25, 0.3) is 0 Å². The number of benzene rings is 1. The summed E-state index contributed by atoms with van der Waals surface area (Å²) in [4.78, 5) is 11.9. The van der Waals surface area contributed by atoms with Crippen LogP contribution in [0.5, 0.6) is 0 Å². The summed E-state index contributed by atoms with van der Waals surface area (Å²) < 4.78 is 6.01. The molecule has 0 amide bonds. The van der Waals surface area contributed by atoms with E-state index in [0.717, 1.165) is 23.9 Å².